The van der Waals surface area contributed by atoms with E-state index in [0.717, 1.165) is 5.69 Å². The molecule has 3 aromatic rings. The van der Waals surface area contributed by atoms with Crippen molar-refractivity contribution in [3.63, 3.8) is 0 Å². The van der Waals surface area contributed by atoms with Gasteiger partial charge in [0, 0.05) is 6.20 Å². The molecule has 0 fully saturated rings. The number of imidazole rings is 1. The van der Waals surface area contributed by atoms with Crippen molar-refractivity contribution in [2.75, 3.05) is 0 Å². The number of H-pyrrole nitrogens is 1. The molecule has 1 aromatic carbocycles. The molecule has 7 nitrogen and oxygen atoms in total. The molecule has 106 valence electrons. The van der Waals surface area contributed by atoms with Gasteiger partial charge in [-0.05, 0) is 19.1 Å². The molecule has 7 heteroatoms. The Hall–Kier alpha value is -2.96. The number of aromatic nitrogens is 4. The molecule has 21 heavy (non-hydrogen) atoms. The predicted octanol–water partition coefficient (Wildman–Crippen LogP) is 1.17. The monoisotopic (exact) mass is 284 g/mol. The van der Waals surface area contributed by atoms with Crippen molar-refractivity contribution in [2.45, 2.75) is 13.5 Å². The zero-order valence-electron chi connectivity index (χ0n) is 11.2. The molecule has 0 aliphatic carbocycles. The topological polar surface area (TPSA) is 101 Å². The molecule has 2 N–H and O–H groups in total. The maximum atomic E-state index is 12.1. The van der Waals surface area contributed by atoms with Crippen LogP contribution in [-0.2, 0) is 6.54 Å². The summed E-state index contributed by atoms with van der Waals surface area (Å²) in [5.74, 6) is -1.08. The number of rotatable bonds is 3. The van der Waals surface area contributed by atoms with E-state index in [1.54, 1.807) is 24.5 Å². The molecule has 0 aliphatic rings. The van der Waals surface area contributed by atoms with E-state index in [2.05, 4.69) is 15.0 Å². The van der Waals surface area contributed by atoms with Gasteiger partial charge in [0.2, 0.25) is 0 Å². The lowest BCUT2D eigenvalue weighted by atomic mass is 10.2. The third-order valence-corrected chi connectivity index (χ3v) is 3.18. The highest BCUT2D eigenvalue weighted by Crippen LogP contribution is 2.16. The quantitative estimate of drug-likeness (QED) is 0.752. The van der Waals surface area contributed by atoms with Crippen LogP contribution in [0.25, 0.3) is 11.0 Å². The predicted molar refractivity (Wildman–Crippen MR) is 75.4 cm³/mol. The first-order valence-electron chi connectivity index (χ1n) is 6.28. The molecule has 0 saturated carbocycles. The molecule has 0 atom stereocenters. The van der Waals surface area contributed by atoms with Gasteiger partial charge < -0.3 is 10.1 Å². The van der Waals surface area contributed by atoms with E-state index in [0.29, 0.717) is 16.7 Å². The van der Waals surface area contributed by atoms with Crippen LogP contribution in [0.1, 0.15) is 21.7 Å². The number of aryl methyl sites for hydroxylation is 1. The zero-order valence-corrected chi connectivity index (χ0v) is 11.2. The van der Waals surface area contributed by atoms with Crippen LogP contribution in [0.5, 0.6) is 0 Å². The fourth-order valence-electron chi connectivity index (χ4n) is 2.21. The van der Waals surface area contributed by atoms with E-state index >= 15 is 0 Å². The average molecular weight is 284 g/mol. The van der Waals surface area contributed by atoms with Crippen LogP contribution in [0, 0.1) is 6.92 Å². The summed E-state index contributed by atoms with van der Waals surface area (Å²) in [6, 6.07) is 4.73. The van der Waals surface area contributed by atoms with Crippen molar-refractivity contribution >= 4 is 17.0 Å². The molecular formula is C14H12N4O3. The molecule has 0 amide bonds. The number of aromatic carboxylic acids is 1. The Labute approximate surface area is 118 Å². The summed E-state index contributed by atoms with van der Waals surface area (Å²) < 4.78 is 1.36. The summed E-state index contributed by atoms with van der Waals surface area (Å²) in [4.78, 5) is 34.3. The largest absolute Gasteiger partial charge is 0.478 e. The van der Waals surface area contributed by atoms with Crippen molar-refractivity contribution in [3.05, 3.63) is 58.0 Å². The maximum Gasteiger partial charge on any atom is 0.337 e. The van der Waals surface area contributed by atoms with Gasteiger partial charge in [0.1, 0.15) is 0 Å². The summed E-state index contributed by atoms with van der Waals surface area (Å²) in [6.45, 7) is 1.98. The van der Waals surface area contributed by atoms with Crippen LogP contribution in [0.4, 0.5) is 0 Å². The number of aromatic amines is 1. The first-order valence-corrected chi connectivity index (χ1v) is 6.28. The number of carbonyl (C=O) groups is 1. The summed E-state index contributed by atoms with van der Waals surface area (Å²) in [5.41, 5.74) is 1.91. The second kappa shape index (κ2) is 4.86. The molecule has 0 radical (unpaired) electrons. The Kier molecular flexibility index (Phi) is 3.02. The summed E-state index contributed by atoms with van der Waals surface area (Å²) >= 11 is 0. The number of nitrogens with zero attached hydrogens (tertiary/aromatic N) is 3. The minimum Gasteiger partial charge on any atom is -0.478 e. The van der Waals surface area contributed by atoms with Crippen molar-refractivity contribution in [1.29, 1.82) is 0 Å². The highest BCUT2D eigenvalue weighted by Gasteiger charge is 2.15. The van der Waals surface area contributed by atoms with Gasteiger partial charge in [0.25, 0.3) is 0 Å². The average Bonchev–Trinajstić information content (AvgIpc) is 2.77. The Balaban J connectivity index is 2.17. The molecule has 0 spiro atoms. The fraction of sp³-hybridized carbons (Fsp3) is 0.143. The lowest BCUT2D eigenvalue weighted by Crippen LogP contribution is -2.19. The van der Waals surface area contributed by atoms with E-state index in [4.69, 9.17) is 0 Å². The van der Waals surface area contributed by atoms with Crippen molar-refractivity contribution in [3.8, 4) is 0 Å². The molecule has 0 saturated heterocycles. The first kappa shape index (κ1) is 13.0. The number of hydrogen-bond acceptors (Lipinski definition) is 4. The van der Waals surface area contributed by atoms with Gasteiger partial charge in [-0.3, -0.25) is 14.5 Å². The van der Waals surface area contributed by atoms with Crippen molar-refractivity contribution < 1.29 is 9.90 Å². The first-order chi connectivity index (χ1) is 10.1. The Bertz CT molecular complexity index is 877. The van der Waals surface area contributed by atoms with E-state index in [9.17, 15) is 14.7 Å². The number of para-hydroxylation sites is 1. The minimum absolute atomic E-state index is 0.0749. The number of carboxylic acid groups (broad SMARTS) is 1. The number of hydrogen-bond donors (Lipinski definition) is 2. The highest BCUT2D eigenvalue weighted by molar-refractivity contribution is 6.01. The van der Waals surface area contributed by atoms with Crippen molar-refractivity contribution in [1.82, 2.24) is 19.5 Å². The van der Waals surface area contributed by atoms with E-state index in [1.165, 1.54) is 10.6 Å². The number of carboxylic acids is 1. The van der Waals surface area contributed by atoms with Gasteiger partial charge in [-0.15, -0.1) is 0 Å². The van der Waals surface area contributed by atoms with E-state index in [1.807, 2.05) is 6.92 Å². The molecule has 2 aromatic heterocycles. The summed E-state index contributed by atoms with van der Waals surface area (Å²) in [6.07, 6.45) is 3.18. The van der Waals surface area contributed by atoms with Crippen LogP contribution < -0.4 is 5.69 Å². The third kappa shape index (κ3) is 2.29. The van der Waals surface area contributed by atoms with Gasteiger partial charge in [-0.1, -0.05) is 6.07 Å². The van der Waals surface area contributed by atoms with Crippen molar-refractivity contribution in [2.24, 2.45) is 0 Å². The van der Waals surface area contributed by atoms with E-state index < -0.39 is 5.97 Å². The normalized spacial score (nSPS) is 10.9. The van der Waals surface area contributed by atoms with Gasteiger partial charge in [0.15, 0.2) is 0 Å². The Morgan fingerprint density at radius 3 is 2.81 bits per heavy atom. The SMILES string of the molecule is Cc1cnc(Cn2c(=O)[nH]c3cccc(C(=O)O)c32)cn1. The van der Waals surface area contributed by atoms with Crippen LogP contribution in [0.3, 0.4) is 0 Å². The summed E-state index contributed by atoms with van der Waals surface area (Å²) in [7, 11) is 0. The highest BCUT2D eigenvalue weighted by atomic mass is 16.4. The second-order valence-corrected chi connectivity index (χ2v) is 4.67. The third-order valence-electron chi connectivity index (χ3n) is 3.18. The van der Waals surface area contributed by atoms with Gasteiger partial charge >= 0.3 is 11.7 Å². The molecule has 3 rings (SSSR count). The second-order valence-electron chi connectivity index (χ2n) is 4.67. The lowest BCUT2D eigenvalue weighted by Gasteiger charge is -2.05. The maximum absolute atomic E-state index is 12.1. The number of nitrogens with one attached hydrogen (secondary N) is 1. The van der Waals surface area contributed by atoms with Crippen LogP contribution in [0.2, 0.25) is 0 Å². The molecule has 2 heterocycles. The molecular weight excluding hydrogens is 272 g/mol. The lowest BCUT2D eigenvalue weighted by molar-refractivity contribution is 0.0698. The molecule has 0 aliphatic heterocycles. The number of benzene rings is 1. The fourth-order valence-corrected chi connectivity index (χ4v) is 2.21. The molecule has 0 unspecified atom stereocenters. The van der Waals surface area contributed by atoms with Gasteiger partial charge in [-0.2, -0.15) is 0 Å². The summed E-state index contributed by atoms with van der Waals surface area (Å²) in [5, 5.41) is 9.26. The Morgan fingerprint density at radius 2 is 2.14 bits per heavy atom. The van der Waals surface area contributed by atoms with Crippen LogP contribution >= 0.6 is 0 Å². The van der Waals surface area contributed by atoms with Gasteiger partial charge in [0.05, 0.1) is 40.7 Å². The van der Waals surface area contributed by atoms with Gasteiger partial charge in [-0.25, -0.2) is 9.59 Å². The Morgan fingerprint density at radius 1 is 1.33 bits per heavy atom. The standard InChI is InChI=1S/C14H12N4O3/c1-8-5-16-9(6-15-8)7-18-12-10(13(19)20)3-2-4-11(12)17-14(18)21/h2-6H,7H2,1H3,(H,17,21)(H,19,20). The smallest absolute Gasteiger partial charge is 0.337 e. The van der Waals surface area contributed by atoms with E-state index in [-0.39, 0.29) is 17.8 Å². The minimum atomic E-state index is -1.08. The van der Waals surface area contributed by atoms with Crippen LogP contribution in [0.15, 0.2) is 35.4 Å². The zero-order chi connectivity index (χ0) is 15.0. The molecule has 0 bridgehead atoms. The number of fused-ring (bicyclic) bond motifs is 1. The van der Waals surface area contributed by atoms with Crippen LogP contribution in [-0.4, -0.2) is 30.6 Å².